The number of rotatable bonds is 6. The maximum atomic E-state index is 12.8. The summed E-state index contributed by atoms with van der Waals surface area (Å²) in [6.45, 7) is 2.16. The van der Waals surface area contributed by atoms with Gasteiger partial charge in [0.2, 0.25) is 0 Å². The van der Waals surface area contributed by atoms with Crippen LogP contribution in [-0.2, 0) is 6.18 Å². The third kappa shape index (κ3) is 5.97. The molecule has 0 bridgehead atoms. The fraction of sp³-hybridized carbons (Fsp3) is 0.296. The minimum atomic E-state index is -4.35. The fourth-order valence-electron chi connectivity index (χ4n) is 4.81. The van der Waals surface area contributed by atoms with Gasteiger partial charge < -0.3 is 10.6 Å². The van der Waals surface area contributed by atoms with E-state index in [1.807, 2.05) is 0 Å². The summed E-state index contributed by atoms with van der Waals surface area (Å²) in [6.07, 6.45) is -0.871. The summed E-state index contributed by atoms with van der Waals surface area (Å²) in [5.41, 5.74) is 0.391. The van der Waals surface area contributed by atoms with Crippen LogP contribution in [-0.4, -0.2) is 16.8 Å². The van der Waals surface area contributed by atoms with Gasteiger partial charge in [0, 0.05) is 11.7 Å². The average molecular weight is 501 g/mol. The van der Waals surface area contributed by atoms with E-state index >= 15 is 0 Å². The van der Waals surface area contributed by atoms with E-state index in [1.54, 1.807) is 0 Å². The molecule has 2 N–H and O–H groups in total. The first-order chi connectivity index (χ1) is 16.3. The highest BCUT2D eigenvalue weighted by atomic mass is 32.1. The van der Waals surface area contributed by atoms with Crippen LogP contribution in [0.2, 0.25) is 0 Å². The highest BCUT2D eigenvalue weighted by Gasteiger charge is 2.38. The second kappa shape index (κ2) is 10.9. The van der Waals surface area contributed by atoms with Crippen molar-refractivity contribution in [2.75, 3.05) is 5.32 Å². The quantitative estimate of drug-likeness (QED) is 0.292. The minimum absolute atomic E-state index is 0.138. The summed E-state index contributed by atoms with van der Waals surface area (Å²) in [6, 6.07) is 26.6. The van der Waals surface area contributed by atoms with Crippen LogP contribution in [0.3, 0.4) is 0 Å². The molecule has 1 aliphatic carbocycles. The van der Waals surface area contributed by atoms with Gasteiger partial charge in [-0.1, -0.05) is 67.1 Å². The zero-order chi connectivity index (χ0) is 24.1. The molecule has 3 aromatic rings. The molecular formula is C27H28F3N2PS. The molecule has 1 aliphatic rings. The third-order valence-electron chi connectivity index (χ3n) is 6.40. The topological polar surface area (TPSA) is 24.1 Å². The van der Waals surface area contributed by atoms with Gasteiger partial charge in [-0.05, 0) is 86.4 Å². The third-order valence-corrected chi connectivity index (χ3v) is 9.64. The summed E-state index contributed by atoms with van der Waals surface area (Å²) in [4.78, 5) is 0. The number of anilines is 1. The van der Waals surface area contributed by atoms with E-state index in [-0.39, 0.29) is 6.04 Å². The molecule has 34 heavy (non-hydrogen) atoms. The number of benzene rings is 3. The molecule has 178 valence electrons. The van der Waals surface area contributed by atoms with Crippen molar-refractivity contribution in [1.29, 1.82) is 0 Å². The molecule has 7 heteroatoms. The standard InChI is InChI=1S/C27H28F3N2PS/c1-19(31-26(34)32-21-17-15-20(16-18-21)27(28,29)30)24-13-8-14-25(24)33(22-9-4-2-5-10-22)23-11-6-3-7-12-23/h2-7,9-12,15-19,24-25H,8,13-14H2,1H3,(H2,31,32,34)/t19-,24?,25?/m1/s1. The number of nitrogens with one attached hydrogen (secondary N) is 2. The number of alkyl halides is 3. The number of halogens is 3. The molecule has 3 aromatic carbocycles. The normalized spacial score (nSPS) is 19.1. The SMILES string of the molecule is C[C@@H](NC(=S)Nc1ccc(C(F)(F)F)cc1)C1CCCC1P(c1ccccc1)c1ccccc1. The Balaban J connectivity index is 1.47. The maximum absolute atomic E-state index is 12.8. The van der Waals surface area contributed by atoms with Gasteiger partial charge in [-0.2, -0.15) is 13.2 Å². The molecule has 1 saturated carbocycles. The van der Waals surface area contributed by atoms with Crippen molar-refractivity contribution >= 4 is 41.5 Å². The molecule has 2 unspecified atom stereocenters. The Hall–Kier alpha value is -2.43. The molecule has 0 aliphatic heterocycles. The largest absolute Gasteiger partial charge is 0.416 e. The first-order valence-corrected chi connectivity index (χ1v) is 13.3. The van der Waals surface area contributed by atoms with Crippen LogP contribution in [0.25, 0.3) is 0 Å². The van der Waals surface area contributed by atoms with Crippen LogP contribution in [0.5, 0.6) is 0 Å². The van der Waals surface area contributed by atoms with Crippen molar-refractivity contribution in [1.82, 2.24) is 5.32 Å². The number of hydrogen-bond acceptors (Lipinski definition) is 1. The lowest BCUT2D eigenvalue weighted by Crippen LogP contribution is -2.43. The average Bonchev–Trinajstić information content (AvgIpc) is 3.30. The number of thiocarbonyl (C=S) groups is 1. The first-order valence-electron chi connectivity index (χ1n) is 11.5. The van der Waals surface area contributed by atoms with Gasteiger partial charge in [0.25, 0.3) is 0 Å². The van der Waals surface area contributed by atoms with Gasteiger partial charge in [-0.25, -0.2) is 0 Å². The molecule has 0 radical (unpaired) electrons. The Kier molecular flexibility index (Phi) is 7.90. The summed E-state index contributed by atoms with van der Waals surface area (Å²) in [5.74, 6) is 0.443. The van der Waals surface area contributed by atoms with Crippen molar-refractivity contribution in [3.05, 3.63) is 90.5 Å². The highest BCUT2D eigenvalue weighted by molar-refractivity contribution is 7.80. The van der Waals surface area contributed by atoms with Crippen LogP contribution < -0.4 is 21.2 Å². The molecule has 0 amide bonds. The van der Waals surface area contributed by atoms with Gasteiger partial charge in [0.15, 0.2) is 5.11 Å². The van der Waals surface area contributed by atoms with Crippen molar-refractivity contribution in [2.24, 2.45) is 5.92 Å². The van der Waals surface area contributed by atoms with E-state index < -0.39 is 19.7 Å². The zero-order valence-corrected chi connectivity index (χ0v) is 20.6. The van der Waals surface area contributed by atoms with Crippen molar-refractivity contribution in [3.8, 4) is 0 Å². The van der Waals surface area contributed by atoms with Gasteiger partial charge in [-0.15, -0.1) is 0 Å². The molecule has 0 heterocycles. The lowest BCUT2D eigenvalue weighted by atomic mass is 9.99. The summed E-state index contributed by atoms with van der Waals surface area (Å²) in [5, 5.41) is 9.66. The van der Waals surface area contributed by atoms with Gasteiger partial charge in [0.1, 0.15) is 0 Å². The van der Waals surface area contributed by atoms with Crippen molar-refractivity contribution in [3.63, 3.8) is 0 Å². The van der Waals surface area contributed by atoms with Gasteiger partial charge in [-0.3, -0.25) is 0 Å². The Bertz CT molecular complexity index is 1040. The monoisotopic (exact) mass is 500 g/mol. The van der Waals surface area contributed by atoms with Crippen LogP contribution in [0.15, 0.2) is 84.9 Å². The molecule has 0 saturated heterocycles. The van der Waals surface area contributed by atoms with Crippen LogP contribution in [0.4, 0.5) is 18.9 Å². The molecule has 2 nitrogen and oxygen atoms in total. The van der Waals surface area contributed by atoms with E-state index in [2.05, 4.69) is 78.2 Å². The molecule has 1 fully saturated rings. The summed E-state index contributed by atoms with van der Waals surface area (Å²) >= 11 is 5.51. The molecule has 3 atom stereocenters. The van der Waals surface area contributed by atoms with Crippen molar-refractivity contribution < 1.29 is 13.2 Å². The second-order valence-electron chi connectivity index (χ2n) is 8.67. The van der Waals surface area contributed by atoms with Crippen LogP contribution >= 0.6 is 20.1 Å². The predicted octanol–water partition coefficient (Wildman–Crippen LogP) is 6.68. The Labute approximate surface area is 205 Å². The predicted molar refractivity (Wildman–Crippen MR) is 140 cm³/mol. The summed E-state index contributed by atoms with van der Waals surface area (Å²) in [7, 11) is -0.522. The summed E-state index contributed by atoms with van der Waals surface area (Å²) < 4.78 is 38.5. The van der Waals surface area contributed by atoms with Gasteiger partial charge in [0.05, 0.1) is 5.56 Å². The van der Waals surface area contributed by atoms with Crippen LogP contribution in [0, 0.1) is 5.92 Å². The zero-order valence-electron chi connectivity index (χ0n) is 18.9. The first kappa shape index (κ1) is 24.7. The smallest absolute Gasteiger partial charge is 0.360 e. The molecule has 0 aromatic heterocycles. The lowest BCUT2D eigenvalue weighted by Gasteiger charge is -2.34. The number of hydrogen-bond donors (Lipinski definition) is 2. The molecular weight excluding hydrogens is 472 g/mol. The van der Waals surface area contributed by atoms with E-state index in [0.29, 0.717) is 22.4 Å². The van der Waals surface area contributed by atoms with E-state index in [1.165, 1.54) is 35.6 Å². The Morgan fingerprint density at radius 2 is 1.44 bits per heavy atom. The lowest BCUT2D eigenvalue weighted by molar-refractivity contribution is -0.137. The Morgan fingerprint density at radius 3 is 1.97 bits per heavy atom. The van der Waals surface area contributed by atoms with E-state index in [4.69, 9.17) is 12.2 Å². The second-order valence-corrected chi connectivity index (χ2v) is 11.5. The van der Waals surface area contributed by atoms with E-state index in [9.17, 15) is 13.2 Å². The van der Waals surface area contributed by atoms with Gasteiger partial charge >= 0.3 is 6.18 Å². The highest BCUT2D eigenvalue weighted by Crippen LogP contribution is 2.51. The Morgan fingerprint density at radius 1 is 0.882 bits per heavy atom. The van der Waals surface area contributed by atoms with Crippen LogP contribution in [0.1, 0.15) is 31.7 Å². The molecule has 0 spiro atoms. The van der Waals surface area contributed by atoms with Crippen molar-refractivity contribution in [2.45, 2.75) is 44.1 Å². The molecule has 4 rings (SSSR count). The van der Waals surface area contributed by atoms with E-state index in [0.717, 1.165) is 18.6 Å². The maximum Gasteiger partial charge on any atom is 0.416 e. The fourth-order valence-corrected chi connectivity index (χ4v) is 8.39. The minimum Gasteiger partial charge on any atom is -0.360 e.